The zero-order valence-corrected chi connectivity index (χ0v) is 21.3. The van der Waals surface area contributed by atoms with Crippen molar-refractivity contribution in [1.29, 1.82) is 0 Å². The first-order valence-corrected chi connectivity index (χ1v) is 14.6. The molecule has 2 aliphatic rings. The molecule has 1 aromatic heterocycles. The van der Waals surface area contributed by atoms with Crippen LogP contribution in [0.15, 0.2) is 34.4 Å². The normalized spacial score (nSPS) is 17.1. The maximum absolute atomic E-state index is 14.8. The predicted octanol–water partition coefficient (Wildman–Crippen LogP) is 2.50. The summed E-state index contributed by atoms with van der Waals surface area (Å²) in [6.07, 6.45) is 2.20. The van der Waals surface area contributed by atoms with E-state index >= 15 is 0 Å². The fraction of sp³-hybridized carbons (Fsp3) is 0.500. The van der Waals surface area contributed by atoms with E-state index in [-0.39, 0.29) is 66.4 Å². The zero-order chi connectivity index (χ0) is 25.5. The Bertz CT molecular complexity index is 1360. The molecule has 190 valence electrons. The number of anilines is 2. The van der Waals surface area contributed by atoms with Gasteiger partial charge in [-0.2, -0.15) is 0 Å². The average Bonchev–Trinajstić information content (AvgIpc) is 3.22. The van der Waals surface area contributed by atoms with Gasteiger partial charge in [-0.1, -0.05) is 0 Å². The molecule has 0 aliphatic carbocycles. The van der Waals surface area contributed by atoms with Crippen LogP contribution in [-0.4, -0.2) is 75.0 Å². The largest absolute Gasteiger partial charge is 0.447 e. The van der Waals surface area contributed by atoms with E-state index in [1.54, 1.807) is 13.8 Å². The highest BCUT2D eigenvalue weighted by atomic mass is 32.2. The average molecular weight is 527 g/mol. The summed E-state index contributed by atoms with van der Waals surface area (Å²) in [5, 5.41) is -0.800. The quantitative estimate of drug-likeness (QED) is 0.540. The Morgan fingerprint density at radius 2 is 1.80 bits per heavy atom. The second kappa shape index (κ2) is 9.34. The Labute approximate surface area is 204 Å². The van der Waals surface area contributed by atoms with Crippen molar-refractivity contribution in [2.75, 3.05) is 30.8 Å². The Balaban J connectivity index is 1.58. The number of carbonyl (C=O) groups excluding carboxylic acids is 1. The number of fused-ring (bicyclic) bond motifs is 1. The minimum Gasteiger partial charge on any atom is -0.447 e. The SMILES string of the molecule is CC(C)OC(=O)N1CCC(S(=O)(=O)c2ncnc3c2CCN3c2ccc(S(C)(=O)=O)cc2F)CC1. The van der Waals surface area contributed by atoms with E-state index in [0.29, 0.717) is 5.56 Å². The van der Waals surface area contributed by atoms with Crippen LogP contribution < -0.4 is 4.90 Å². The molecular formula is C22H27FN4O6S2. The molecule has 13 heteroatoms. The van der Waals surface area contributed by atoms with E-state index in [0.717, 1.165) is 18.6 Å². The number of ether oxygens (including phenoxy) is 1. The van der Waals surface area contributed by atoms with Crippen LogP contribution in [0.3, 0.4) is 0 Å². The first-order valence-electron chi connectivity index (χ1n) is 11.2. The van der Waals surface area contributed by atoms with E-state index in [4.69, 9.17) is 4.74 Å². The predicted molar refractivity (Wildman–Crippen MR) is 126 cm³/mol. The fourth-order valence-electron chi connectivity index (χ4n) is 4.37. The fourth-order valence-corrected chi connectivity index (χ4v) is 6.88. The topological polar surface area (TPSA) is 127 Å². The maximum atomic E-state index is 14.8. The van der Waals surface area contributed by atoms with Crippen molar-refractivity contribution < 1.29 is 30.8 Å². The van der Waals surface area contributed by atoms with Gasteiger partial charge in [0.2, 0.25) is 0 Å². The lowest BCUT2D eigenvalue weighted by molar-refractivity contribution is 0.0714. The number of amides is 1. The second-order valence-electron chi connectivity index (χ2n) is 8.93. The van der Waals surface area contributed by atoms with Crippen LogP contribution >= 0.6 is 0 Å². The summed E-state index contributed by atoms with van der Waals surface area (Å²) in [6, 6.07) is 3.60. The third kappa shape index (κ3) is 4.96. The van der Waals surface area contributed by atoms with Gasteiger partial charge in [0.15, 0.2) is 24.7 Å². The van der Waals surface area contributed by atoms with Gasteiger partial charge in [0.1, 0.15) is 18.0 Å². The molecule has 0 N–H and O–H groups in total. The standard InChI is InChI=1S/C22H27FN4O6S2/c1-14(2)33-22(28)26-9-6-15(7-10-26)35(31,32)21-17-8-11-27(20(17)24-13-25-21)19-5-4-16(12-18(19)23)34(3,29)30/h4-5,12-15H,6-11H2,1-3H3. The first-order chi connectivity index (χ1) is 16.4. The van der Waals surface area contributed by atoms with E-state index in [1.165, 1.54) is 21.9 Å². The van der Waals surface area contributed by atoms with Crippen molar-refractivity contribution >= 4 is 37.3 Å². The van der Waals surface area contributed by atoms with Gasteiger partial charge in [-0.05, 0) is 51.3 Å². The molecule has 1 fully saturated rings. The smallest absolute Gasteiger partial charge is 0.410 e. The van der Waals surface area contributed by atoms with Gasteiger partial charge in [-0.3, -0.25) is 0 Å². The Morgan fingerprint density at radius 3 is 2.40 bits per heavy atom. The highest BCUT2D eigenvalue weighted by molar-refractivity contribution is 7.92. The van der Waals surface area contributed by atoms with Crippen LogP contribution in [0.4, 0.5) is 20.7 Å². The number of nitrogens with zero attached hydrogens (tertiary/aromatic N) is 4. The van der Waals surface area contributed by atoms with Crippen molar-refractivity contribution in [1.82, 2.24) is 14.9 Å². The molecule has 0 atom stereocenters. The summed E-state index contributed by atoms with van der Waals surface area (Å²) >= 11 is 0. The molecule has 2 aromatic rings. The molecule has 4 rings (SSSR count). The number of piperidine rings is 1. The molecular weight excluding hydrogens is 499 g/mol. The van der Waals surface area contributed by atoms with Crippen LogP contribution in [0.5, 0.6) is 0 Å². The lowest BCUT2D eigenvalue weighted by Gasteiger charge is -2.31. The molecule has 1 amide bonds. The van der Waals surface area contributed by atoms with Crippen LogP contribution in [0.1, 0.15) is 32.3 Å². The summed E-state index contributed by atoms with van der Waals surface area (Å²) < 4.78 is 70.4. The molecule has 0 radical (unpaired) electrons. The number of aromatic nitrogens is 2. The van der Waals surface area contributed by atoms with Gasteiger partial charge in [0, 0.05) is 31.5 Å². The molecule has 0 unspecified atom stereocenters. The van der Waals surface area contributed by atoms with Gasteiger partial charge in [0.05, 0.1) is 21.9 Å². The molecule has 0 bridgehead atoms. The lowest BCUT2D eigenvalue weighted by atomic mass is 10.1. The van der Waals surface area contributed by atoms with Gasteiger partial charge < -0.3 is 14.5 Å². The Morgan fingerprint density at radius 1 is 1.11 bits per heavy atom. The number of benzene rings is 1. The van der Waals surface area contributed by atoms with Crippen LogP contribution in [0.25, 0.3) is 0 Å². The molecule has 0 spiro atoms. The minimum absolute atomic E-state index is 0.0821. The van der Waals surface area contributed by atoms with Gasteiger partial charge >= 0.3 is 6.09 Å². The maximum Gasteiger partial charge on any atom is 0.410 e. The number of carbonyl (C=O) groups is 1. The van der Waals surface area contributed by atoms with Gasteiger partial charge in [-0.25, -0.2) is 36.0 Å². The monoisotopic (exact) mass is 526 g/mol. The highest BCUT2D eigenvalue weighted by Gasteiger charge is 2.38. The van der Waals surface area contributed by atoms with Crippen molar-refractivity contribution in [3.05, 3.63) is 35.9 Å². The van der Waals surface area contributed by atoms with Crippen LogP contribution in [0.2, 0.25) is 0 Å². The molecule has 35 heavy (non-hydrogen) atoms. The molecule has 1 saturated heterocycles. The number of rotatable bonds is 5. The Kier molecular flexibility index (Phi) is 6.75. The van der Waals surface area contributed by atoms with E-state index in [2.05, 4.69) is 9.97 Å². The number of halogens is 1. The number of hydrogen-bond donors (Lipinski definition) is 0. The summed E-state index contributed by atoms with van der Waals surface area (Å²) in [4.78, 5) is 23.3. The van der Waals surface area contributed by atoms with Crippen molar-refractivity contribution in [3.63, 3.8) is 0 Å². The lowest BCUT2D eigenvalue weighted by Crippen LogP contribution is -2.43. The molecule has 3 heterocycles. The molecule has 10 nitrogen and oxygen atoms in total. The minimum atomic E-state index is -3.83. The highest BCUT2D eigenvalue weighted by Crippen LogP contribution is 2.38. The Hall–Kier alpha value is -2.80. The molecule has 0 saturated carbocycles. The number of hydrogen-bond acceptors (Lipinski definition) is 9. The summed E-state index contributed by atoms with van der Waals surface area (Å²) in [7, 11) is -7.41. The van der Waals surface area contributed by atoms with Crippen LogP contribution in [-0.2, 0) is 30.8 Å². The molecule has 1 aromatic carbocycles. The molecule has 2 aliphatic heterocycles. The van der Waals surface area contributed by atoms with Crippen molar-refractivity contribution in [3.8, 4) is 0 Å². The summed E-state index contributed by atoms with van der Waals surface area (Å²) in [5.74, 6) is -0.466. The third-order valence-electron chi connectivity index (χ3n) is 6.11. The third-order valence-corrected chi connectivity index (χ3v) is 9.46. The number of sulfone groups is 2. The van der Waals surface area contributed by atoms with Crippen molar-refractivity contribution in [2.45, 2.75) is 54.4 Å². The van der Waals surface area contributed by atoms with Gasteiger partial charge in [0.25, 0.3) is 0 Å². The summed E-state index contributed by atoms with van der Waals surface area (Å²) in [6.45, 7) is 4.28. The van der Waals surface area contributed by atoms with Gasteiger partial charge in [-0.15, -0.1) is 0 Å². The van der Waals surface area contributed by atoms with E-state index < -0.39 is 36.8 Å². The summed E-state index contributed by atoms with van der Waals surface area (Å²) in [5.41, 5.74) is 0.510. The zero-order valence-electron chi connectivity index (χ0n) is 19.6. The first kappa shape index (κ1) is 25.3. The van der Waals surface area contributed by atoms with E-state index in [9.17, 15) is 26.0 Å². The number of likely N-dealkylation sites (tertiary alicyclic amines) is 1. The second-order valence-corrected chi connectivity index (χ2v) is 13.1. The van der Waals surface area contributed by atoms with E-state index in [1.807, 2.05) is 0 Å². The van der Waals surface area contributed by atoms with Crippen LogP contribution in [0, 0.1) is 5.82 Å². The van der Waals surface area contributed by atoms with Crippen molar-refractivity contribution in [2.24, 2.45) is 0 Å².